The summed E-state index contributed by atoms with van der Waals surface area (Å²) in [4.78, 5) is 4.81. The third kappa shape index (κ3) is 2.50. The van der Waals surface area contributed by atoms with Crippen LogP contribution in [0.5, 0.6) is 0 Å². The summed E-state index contributed by atoms with van der Waals surface area (Å²) in [7, 11) is 0. The van der Waals surface area contributed by atoms with Gasteiger partial charge in [-0.05, 0) is 51.0 Å². The molecule has 3 rings (SSSR count). The number of hydrogen-bond acceptors (Lipinski definition) is 4. The zero-order chi connectivity index (χ0) is 14.0. The second kappa shape index (κ2) is 5.84. The van der Waals surface area contributed by atoms with Crippen LogP contribution in [0.2, 0.25) is 0 Å². The number of piperidine rings is 1. The van der Waals surface area contributed by atoms with Crippen LogP contribution in [0.1, 0.15) is 76.4 Å². The highest BCUT2D eigenvalue weighted by Gasteiger charge is 2.38. The molecule has 3 atom stereocenters. The van der Waals surface area contributed by atoms with E-state index in [0.29, 0.717) is 5.92 Å². The Kier molecular flexibility index (Phi) is 4.11. The molecule has 0 aromatic carbocycles. The van der Waals surface area contributed by atoms with Crippen LogP contribution < -0.4 is 5.32 Å². The summed E-state index contributed by atoms with van der Waals surface area (Å²) in [5.41, 5.74) is 0.0757. The third-order valence-corrected chi connectivity index (χ3v) is 5.53. The quantitative estimate of drug-likeness (QED) is 0.916. The molecule has 1 saturated heterocycles. The molecule has 1 N–H and O–H groups in total. The van der Waals surface area contributed by atoms with Crippen LogP contribution in [-0.2, 0) is 5.41 Å². The number of nitrogens with zero attached hydrogens (tertiary/aromatic N) is 2. The summed E-state index contributed by atoms with van der Waals surface area (Å²) >= 11 is 0. The van der Waals surface area contributed by atoms with Crippen LogP contribution in [-0.4, -0.2) is 23.2 Å². The minimum absolute atomic E-state index is 0.0757. The maximum atomic E-state index is 5.68. The lowest BCUT2D eigenvalue weighted by Crippen LogP contribution is -2.43. The summed E-state index contributed by atoms with van der Waals surface area (Å²) in [6, 6.07) is 0. The lowest BCUT2D eigenvalue weighted by Gasteiger charge is -2.33. The zero-order valence-electron chi connectivity index (χ0n) is 12.8. The normalized spacial score (nSPS) is 34.5. The van der Waals surface area contributed by atoms with E-state index in [4.69, 9.17) is 9.51 Å². The van der Waals surface area contributed by atoms with Crippen LogP contribution in [0, 0.1) is 5.92 Å². The molecule has 3 unspecified atom stereocenters. The highest BCUT2D eigenvalue weighted by atomic mass is 16.5. The molecule has 1 saturated carbocycles. The molecule has 4 heteroatoms. The van der Waals surface area contributed by atoms with Gasteiger partial charge in [-0.25, -0.2) is 0 Å². The number of rotatable bonds is 4. The lowest BCUT2D eigenvalue weighted by atomic mass is 9.78. The Bertz CT molecular complexity index is 437. The first kappa shape index (κ1) is 14.1. The summed E-state index contributed by atoms with van der Waals surface area (Å²) in [6.45, 7) is 6.62. The molecule has 20 heavy (non-hydrogen) atoms. The Morgan fingerprint density at radius 3 is 2.90 bits per heavy atom. The fraction of sp³-hybridized carbons (Fsp3) is 0.875. The van der Waals surface area contributed by atoms with Gasteiger partial charge in [0.25, 0.3) is 0 Å². The molecule has 1 aromatic rings. The van der Waals surface area contributed by atoms with E-state index in [2.05, 4.69) is 24.3 Å². The van der Waals surface area contributed by atoms with Crippen LogP contribution in [0.15, 0.2) is 4.52 Å². The topological polar surface area (TPSA) is 51.0 Å². The van der Waals surface area contributed by atoms with Gasteiger partial charge >= 0.3 is 0 Å². The molecule has 0 spiro atoms. The second-order valence-electron chi connectivity index (χ2n) is 6.66. The van der Waals surface area contributed by atoms with Crippen molar-refractivity contribution in [2.24, 2.45) is 5.92 Å². The van der Waals surface area contributed by atoms with E-state index in [1.807, 2.05) is 0 Å². The van der Waals surface area contributed by atoms with E-state index in [1.54, 1.807) is 0 Å². The molecule has 0 bridgehead atoms. The fourth-order valence-corrected chi connectivity index (χ4v) is 3.90. The molecular weight excluding hydrogens is 250 g/mol. The predicted octanol–water partition coefficient (Wildman–Crippen LogP) is 3.39. The molecule has 0 radical (unpaired) electrons. The van der Waals surface area contributed by atoms with Crippen molar-refractivity contribution >= 4 is 0 Å². The third-order valence-electron chi connectivity index (χ3n) is 5.53. The molecule has 2 aliphatic rings. The average Bonchev–Trinajstić information content (AvgIpc) is 3.16. The van der Waals surface area contributed by atoms with Gasteiger partial charge in [0.05, 0.1) is 5.41 Å². The van der Waals surface area contributed by atoms with Gasteiger partial charge in [0.15, 0.2) is 5.82 Å². The van der Waals surface area contributed by atoms with Gasteiger partial charge in [-0.15, -0.1) is 0 Å². The Morgan fingerprint density at radius 1 is 1.35 bits per heavy atom. The first-order valence-electron chi connectivity index (χ1n) is 8.32. The molecule has 4 nitrogen and oxygen atoms in total. The summed E-state index contributed by atoms with van der Waals surface area (Å²) in [5.74, 6) is 3.23. The van der Waals surface area contributed by atoms with Gasteiger partial charge in [0.1, 0.15) is 0 Å². The van der Waals surface area contributed by atoms with Crippen molar-refractivity contribution in [1.82, 2.24) is 15.5 Å². The van der Waals surface area contributed by atoms with Gasteiger partial charge in [-0.1, -0.05) is 25.4 Å². The van der Waals surface area contributed by atoms with E-state index in [9.17, 15) is 0 Å². The highest BCUT2D eigenvalue weighted by molar-refractivity contribution is 5.10. The average molecular weight is 277 g/mol. The van der Waals surface area contributed by atoms with Gasteiger partial charge in [-0.2, -0.15) is 4.98 Å². The molecular formula is C16H27N3O. The molecule has 2 heterocycles. The zero-order valence-corrected chi connectivity index (χ0v) is 12.8. The van der Waals surface area contributed by atoms with E-state index in [0.717, 1.165) is 37.1 Å². The minimum atomic E-state index is 0.0757. The minimum Gasteiger partial charge on any atom is -0.339 e. The number of nitrogens with one attached hydrogen (secondary N) is 1. The molecule has 2 fully saturated rings. The standard InChI is InChI=1S/C16H27N3O/c1-3-12-6-7-13(10-12)14-18-15(20-19-14)16(4-2)8-5-9-17-11-16/h12-13,17H,3-11H2,1-2H3. The Morgan fingerprint density at radius 2 is 2.25 bits per heavy atom. The van der Waals surface area contributed by atoms with Crippen molar-refractivity contribution in [3.05, 3.63) is 11.7 Å². The largest absolute Gasteiger partial charge is 0.339 e. The van der Waals surface area contributed by atoms with Crippen molar-refractivity contribution in [3.63, 3.8) is 0 Å². The Hall–Kier alpha value is -0.900. The molecule has 112 valence electrons. The van der Waals surface area contributed by atoms with Gasteiger partial charge < -0.3 is 9.84 Å². The van der Waals surface area contributed by atoms with E-state index in [-0.39, 0.29) is 5.41 Å². The number of hydrogen-bond donors (Lipinski definition) is 1. The first-order chi connectivity index (χ1) is 9.77. The van der Waals surface area contributed by atoms with E-state index in [1.165, 1.54) is 38.5 Å². The second-order valence-corrected chi connectivity index (χ2v) is 6.66. The number of aromatic nitrogens is 2. The van der Waals surface area contributed by atoms with Crippen molar-refractivity contribution in [1.29, 1.82) is 0 Å². The molecule has 1 aliphatic carbocycles. The monoisotopic (exact) mass is 277 g/mol. The van der Waals surface area contributed by atoms with E-state index < -0.39 is 0 Å². The smallest absolute Gasteiger partial charge is 0.234 e. The van der Waals surface area contributed by atoms with Crippen LogP contribution in [0.4, 0.5) is 0 Å². The maximum absolute atomic E-state index is 5.68. The van der Waals surface area contributed by atoms with Crippen molar-refractivity contribution in [3.8, 4) is 0 Å². The summed E-state index contributed by atoms with van der Waals surface area (Å²) in [5, 5.41) is 7.81. The van der Waals surface area contributed by atoms with Gasteiger partial charge in [0, 0.05) is 12.5 Å². The Balaban J connectivity index is 1.76. The van der Waals surface area contributed by atoms with Crippen molar-refractivity contribution < 1.29 is 4.52 Å². The van der Waals surface area contributed by atoms with Crippen molar-refractivity contribution in [2.45, 2.75) is 70.1 Å². The predicted molar refractivity (Wildman–Crippen MR) is 78.7 cm³/mol. The highest BCUT2D eigenvalue weighted by Crippen LogP contribution is 2.40. The SMILES string of the molecule is CCC1CCC(c2noc(C3(CC)CCCNC3)n2)C1. The van der Waals surface area contributed by atoms with Crippen LogP contribution in [0.25, 0.3) is 0 Å². The summed E-state index contributed by atoms with van der Waals surface area (Å²) in [6.07, 6.45) is 8.52. The van der Waals surface area contributed by atoms with Crippen molar-refractivity contribution in [2.75, 3.05) is 13.1 Å². The Labute approximate surface area is 121 Å². The molecule has 0 amide bonds. The molecule has 1 aliphatic heterocycles. The lowest BCUT2D eigenvalue weighted by molar-refractivity contribution is 0.220. The first-order valence-corrected chi connectivity index (χ1v) is 8.32. The summed E-state index contributed by atoms with van der Waals surface area (Å²) < 4.78 is 5.68. The van der Waals surface area contributed by atoms with Gasteiger partial charge in [0.2, 0.25) is 5.89 Å². The van der Waals surface area contributed by atoms with Crippen LogP contribution >= 0.6 is 0 Å². The molecule has 1 aromatic heterocycles. The van der Waals surface area contributed by atoms with E-state index >= 15 is 0 Å². The van der Waals surface area contributed by atoms with Gasteiger partial charge in [-0.3, -0.25) is 0 Å². The van der Waals surface area contributed by atoms with Crippen LogP contribution in [0.3, 0.4) is 0 Å². The fourth-order valence-electron chi connectivity index (χ4n) is 3.90. The maximum Gasteiger partial charge on any atom is 0.234 e.